The van der Waals surface area contributed by atoms with Crippen molar-refractivity contribution in [2.24, 2.45) is 0 Å². The van der Waals surface area contributed by atoms with E-state index in [4.69, 9.17) is 5.11 Å². The van der Waals surface area contributed by atoms with E-state index < -0.39 is 5.97 Å². The predicted molar refractivity (Wildman–Crippen MR) is 78.3 cm³/mol. The largest absolute Gasteiger partial charge is 0.476 e. The van der Waals surface area contributed by atoms with Crippen LogP contribution in [0.5, 0.6) is 0 Å². The highest BCUT2D eigenvalue weighted by Crippen LogP contribution is 2.20. The van der Waals surface area contributed by atoms with Crippen LogP contribution >= 0.6 is 0 Å². The molecule has 3 N–H and O–H groups in total. The number of aromatic nitrogens is 2. The molecule has 7 nitrogen and oxygen atoms in total. The van der Waals surface area contributed by atoms with Gasteiger partial charge in [-0.25, -0.2) is 9.59 Å². The second kappa shape index (κ2) is 5.88. The molecule has 0 unspecified atom stereocenters. The minimum Gasteiger partial charge on any atom is -0.476 e. The minimum absolute atomic E-state index is 0.0549. The van der Waals surface area contributed by atoms with Crippen molar-refractivity contribution in [3.8, 4) is 0 Å². The molecule has 1 aromatic carbocycles. The second-order valence-electron chi connectivity index (χ2n) is 5.15. The van der Waals surface area contributed by atoms with Gasteiger partial charge in [0.25, 0.3) is 0 Å². The minimum atomic E-state index is -1.04. The van der Waals surface area contributed by atoms with Crippen molar-refractivity contribution in [1.82, 2.24) is 20.4 Å². The maximum atomic E-state index is 12.2. The molecule has 0 saturated heterocycles. The number of fused-ring (bicyclic) bond motifs is 1. The average Bonchev–Trinajstić information content (AvgIpc) is 2.97. The van der Waals surface area contributed by atoms with Crippen LogP contribution in [0, 0.1) is 0 Å². The van der Waals surface area contributed by atoms with Crippen molar-refractivity contribution in [3.05, 3.63) is 52.8 Å². The second-order valence-corrected chi connectivity index (χ2v) is 5.15. The number of hydrogen-bond acceptors (Lipinski definition) is 3. The van der Waals surface area contributed by atoms with E-state index in [2.05, 4.69) is 15.5 Å². The van der Waals surface area contributed by atoms with Crippen LogP contribution in [0.25, 0.3) is 0 Å². The summed E-state index contributed by atoms with van der Waals surface area (Å²) in [5.74, 6) is -1.04. The summed E-state index contributed by atoms with van der Waals surface area (Å²) in [5.41, 5.74) is 2.47. The first-order chi connectivity index (χ1) is 10.6. The van der Waals surface area contributed by atoms with Crippen molar-refractivity contribution >= 4 is 12.0 Å². The molecule has 0 aliphatic carbocycles. The van der Waals surface area contributed by atoms with Gasteiger partial charge in [-0.2, -0.15) is 5.10 Å². The smallest absolute Gasteiger partial charge is 0.356 e. The van der Waals surface area contributed by atoms with Gasteiger partial charge in [0, 0.05) is 18.7 Å². The number of nitrogens with one attached hydrogen (secondary N) is 2. The third-order valence-electron chi connectivity index (χ3n) is 3.71. The molecule has 1 aliphatic rings. The number of carbonyl (C=O) groups excluding carboxylic acids is 1. The number of hydrogen-bond donors (Lipinski definition) is 3. The van der Waals surface area contributed by atoms with E-state index in [9.17, 15) is 9.59 Å². The number of carboxylic acids is 1. The molecule has 0 bridgehead atoms. The molecule has 1 aromatic heterocycles. The molecular weight excluding hydrogens is 284 g/mol. The van der Waals surface area contributed by atoms with Gasteiger partial charge < -0.3 is 15.3 Å². The molecule has 0 spiro atoms. The zero-order valence-electron chi connectivity index (χ0n) is 11.9. The van der Waals surface area contributed by atoms with Crippen LogP contribution in [-0.2, 0) is 19.5 Å². The molecule has 22 heavy (non-hydrogen) atoms. The van der Waals surface area contributed by atoms with Gasteiger partial charge in [-0.05, 0) is 12.0 Å². The van der Waals surface area contributed by atoms with E-state index >= 15 is 0 Å². The molecule has 0 radical (unpaired) electrons. The maximum absolute atomic E-state index is 12.2. The van der Waals surface area contributed by atoms with E-state index in [1.807, 2.05) is 30.3 Å². The average molecular weight is 300 g/mol. The Morgan fingerprint density at radius 1 is 1.32 bits per heavy atom. The first kappa shape index (κ1) is 14.1. The van der Waals surface area contributed by atoms with Gasteiger partial charge in [-0.3, -0.25) is 5.10 Å². The molecule has 2 aromatic rings. The number of carboxylic acid groups (broad SMARTS) is 1. The van der Waals surface area contributed by atoms with Crippen molar-refractivity contribution in [2.45, 2.75) is 19.5 Å². The summed E-state index contributed by atoms with van der Waals surface area (Å²) in [4.78, 5) is 24.9. The van der Waals surface area contributed by atoms with Crippen LogP contribution in [0.2, 0.25) is 0 Å². The predicted octanol–water partition coefficient (Wildman–Crippen LogP) is 1.38. The summed E-state index contributed by atoms with van der Waals surface area (Å²) in [7, 11) is 0. The van der Waals surface area contributed by atoms with Gasteiger partial charge in [0.15, 0.2) is 5.69 Å². The van der Waals surface area contributed by atoms with E-state index in [-0.39, 0.29) is 11.7 Å². The van der Waals surface area contributed by atoms with E-state index in [1.54, 1.807) is 4.90 Å². The Balaban J connectivity index is 1.62. The topological polar surface area (TPSA) is 98.3 Å². The molecule has 0 fully saturated rings. The van der Waals surface area contributed by atoms with Crippen molar-refractivity contribution in [3.63, 3.8) is 0 Å². The molecule has 2 amide bonds. The molecule has 0 saturated carbocycles. The normalized spacial score (nSPS) is 13.5. The molecule has 3 rings (SSSR count). The van der Waals surface area contributed by atoms with Crippen molar-refractivity contribution < 1.29 is 14.7 Å². The highest BCUT2D eigenvalue weighted by atomic mass is 16.4. The molecule has 1 aliphatic heterocycles. The van der Waals surface area contributed by atoms with Gasteiger partial charge >= 0.3 is 12.0 Å². The van der Waals surface area contributed by atoms with Gasteiger partial charge in [0.1, 0.15) is 0 Å². The molecule has 2 heterocycles. The lowest BCUT2D eigenvalue weighted by Crippen LogP contribution is -2.42. The Labute approximate surface area is 126 Å². The molecule has 7 heteroatoms. The number of aromatic amines is 1. The summed E-state index contributed by atoms with van der Waals surface area (Å²) >= 11 is 0. The first-order valence-corrected chi connectivity index (χ1v) is 7.01. The van der Waals surface area contributed by atoms with Crippen LogP contribution in [-0.4, -0.2) is 38.7 Å². The Bertz CT molecular complexity index is 696. The van der Waals surface area contributed by atoms with E-state index in [0.29, 0.717) is 37.3 Å². The lowest BCUT2D eigenvalue weighted by atomic mass is 10.0. The number of carbonyl (C=O) groups is 2. The third kappa shape index (κ3) is 2.78. The number of nitrogens with zero attached hydrogens (tertiary/aromatic N) is 2. The number of aromatic carboxylic acids is 1. The fourth-order valence-corrected chi connectivity index (χ4v) is 2.55. The first-order valence-electron chi connectivity index (χ1n) is 7.01. The third-order valence-corrected chi connectivity index (χ3v) is 3.71. The lowest BCUT2D eigenvalue weighted by molar-refractivity contribution is 0.0689. The quantitative estimate of drug-likeness (QED) is 0.797. The van der Waals surface area contributed by atoms with Crippen LogP contribution < -0.4 is 5.32 Å². The van der Waals surface area contributed by atoms with Crippen LogP contribution in [0.1, 0.15) is 27.3 Å². The summed E-state index contributed by atoms with van der Waals surface area (Å²) < 4.78 is 0. The van der Waals surface area contributed by atoms with E-state index in [1.165, 1.54) is 0 Å². The Morgan fingerprint density at radius 2 is 2.09 bits per heavy atom. The van der Waals surface area contributed by atoms with Gasteiger partial charge in [0.05, 0.1) is 12.2 Å². The lowest BCUT2D eigenvalue weighted by Gasteiger charge is -2.26. The summed E-state index contributed by atoms with van der Waals surface area (Å²) in [6.45, 7) is 1.29. The standard InChI is InChI=1S/C15H16N4O3/c20-14(21)13-11-6-7-19(9-12(11)17-18-13)15(22)16-8-10-4-2-1-3-5-10/h1-5H,6-9H2,(H,16,22)(H,17,18)(H,20,21). The maximum Gasteiger partial charge on any atom is 0.356 e. The number of rotatable bonds is 3. The molecule has 114 valence electrons. The summed E-state index contributed by atoms with van der Waals surface area (Å²) in [6.07, 6.45) is 0.492. The summed E-state index contributed by atoms with van der Waals surface area (Å²) in [6, 6.07) is 9.50. The number of benzene rings is 1. The monoisotopic (exact) mass is 300 g/mol. The van der Waals surface area contributed by atoms with Gasteiger partial charge in [-0.15, -0.1) is 0 Å². The number of H-pyrrole nitrogens is 1. The zero-order chi connectivity index (χ0) is 15.5. The highest BCUT2D eigenvalue weighted by Gasteiger charge is 2.27. The van der Waals surface area contributed by atoms with E-state index in [0.717, 1.165) is 5.56 Å². The van der Waals surface area contributed by atoms with Gasteiger partial charge in [-0.1, -0.05) is 30.3 Å². The van der Waals surface area contributed by atoms with Crippen molar-refractivity contribution in [2.75, 3.05) is 6.54 Å². The SMILES string of the molecule is O=C(O)c1n[nH]c2c1CCN(C(=O)NCc1ccccc1)C2. The fourth-order valence-electron chi connectivity index (χ4n) is 2.55. The Kier molecular flexibility index (Phi) is 3.78. The summed E-state index contributed by atoms with van der Waals surface area (Å²) in [5, 5.41) is 18.4. The Morgan fingerprint density at radius 3 is 2.82 bits per heavy atom. The number of amides is 2. The zero-order valence-corrected chi connectivity index (χ0v) is 11.9. The fraction of sp³-hybridized carbons (Fsp3) is 0.267. The molecular formula is C15H16N4O3. The van der Waals surface area contributed by atoms with Gasteiger partial charge in [0.2, 0.25) is 0 Å². The number of urea groups is 1. The molecule has 0 atom stereocenters. The highest BCUT2D eigenvalue weighted by molar-refractivity contribution is 5.87. The van der Waals surface area contributed by atoms with Crippen molar-refractivity contribution in [1.29, 1.82) is 0 Å². The van der Waals surface area contributed by atoms with Crippen LogP contribution in [0.15, 0.2) is 30.3 Å². The van der Waals surface area contributed by atoms with Crippen LogP contribution in [0.3, 0.4) is 0 Å². The Hall–Kier alpha value is -2.83. The van der Waals surface area contributed by atoms with Crippen LogP contribution in [0.4, 0.5) is 4.79 Å².